The molecule has 0 bridgehead atoms. The Labute approximate surface area is 145 Å². The third-order valence-corrected chi connectivity index (χ3v) is 3.99. The van der Waals surface area contributed by atoms with Crippen LogP contribution in [0.3, 0.4) is 0 Å². The van der Waals surface area contributed by atoms with Gasteiger partial charge in [0.15, 0.2) is 5.78 Å². The van der Waals surface area contributed by atoms with Gasteiger partial charge in [0.2, 0.25) is 0 Å². The zero-order chi connectivity index (χ0) is 18.4. The molecule has 132 valence electrons. The number of halogens is 3. The van der Waals surface area contributed by atoms with Crippen molar-refractivity contribution in [3.8, 4) is 5.75 Å². The van der Waals surface area contributed by atoms with Gasteiger partial charge in [0.25, 0.3) is 5.91 Å². The summed E-state index contributed by atoms with van der Waals surface area (Å²) in [7, 11) is 1.40. The van der Waals surface area contributed by atoms with E-state index in [1.54, 1.807) is 17.5 Å². The van der Waals surface area contributed by atoms with Crippen LogP contribution in [0.2, 0.25) is 0 Å². The molecular formula is C16H13F3N2O3S. The number of hydrogen-bond donors (Lipinski definition) is 1. The molecule has 0 saturated heterocycles. The zero-order valence-corrected chi connectivity index (χ0v) is 13.8. The SMILES string of the molecule is COc1cccc(C(=O)N/N=C(\CC(=O)c2cccs2)C(F)(F)F)c1. The first-order valence-electron chi connectivity index (χ1n) is 6.96. The number of methoxy groups -OCH3 is 1. The lowest BCUT2D eigenvalue weighted by Gasteiger charge is -2.10. The number of thiophene rings is 1. The van der Waals surface area contributed by atoms with Crippen LogP contribution in [0.15, 0.2) is 46.9 Å². The van der Waals surface area contributed by atoms with Crippen molar-refractivity contribution < 1.29 is 27.5 Å². The second-order valence-electron chi connectivity index (χ2n) is 4.81. The predicted octanol–water partition coefficient (Wildman–Crippen LogP) is 3.68. The molecule has 1 N–H and O–H groups in total. The van der Waals surface area contributed by atoms with Crippen molar-refractivity contribution in [3.63, 3.8) is 0 Å². The Morgan fingerprint density at radius 2 is 2.00 bits per heavy atom. The summed E-state index contributed by atoms with van der Waals surface area (Å²) in [5, 5.41) is 4.70. The number of ether oxygens (including phenoxy) is 1. The molecule has 9 heteroatoms. The molecule has 0 radical (unpaired) electrons. The number of Topliss-reactive ketones (excluding diaryl/α,β-unsaturated/α-hetero) is 1. The molecule has 5 nitrogen and oxygen atoms in total. The molecule has 2 rings (SSSR count). The summed E-state index contributed by atoms with van der Waals surface area (Å²) in [5.41, 5.74) is 0.537. The van der Waals surface area contributed by atoms with E-state index in [-0.39, 0.29) is 10.4 Å². The zero-order valence-electron chi connectivity index (χ0n) is 13.0. The Bertz CT molecular complexity index is 786. The van der Waals surface area contributed by atoms with Crippen LogP contribution in [-0.2, 0) is 0 Å². The molecule has 0 aliphatic rings. The summed E-state index contributed by atoms with van der Waals surface area (Å²) < 4.78 is 44.1. The third kappa shape index (κ3) is 5.15. The van der Waals surface area contributed by atoms with Gasteiger partial charge in [-0.1, -0.05) is 12.1 Å². The molecule has 1 amide bonds. The maximum atomic E-state index is 13.0. The molecule has 1 heterocycles. The molecule has 1 aromatic heterocycles. The van der Waals surface area contributed by atoms with Gasteiger partial charge in [-0.15, -0.1) is 11.3 Å². The summed E-state index contributed by atoms with van der Waals surface area (Å²) >= 11 is 1.04. The van der Waals surface area contributed by atoms with E-state index in [1.807, 2.05) is 5.43 Å². The highest BCUT2D eigenvalue weighted by Crippen LogP contribution is 2.22. The average molecular weight is 370 g/mol. The lowest BCUT2D eigenvalue weighted by Crippen LogP contribution is -2.30. The smallest absolute Gasteiger partial charge is 0.431 e. The van der Waals surface area contributed by atoms with Gasteiger partial charge in [-0.25, -0.2) is 5.43 Å². The minimum absolute atomic E-state index is 0.0780. The molecule has 0 spiro atoms. The molecule has 0 fully saturated rings. The number of hydrazone groups is 1. The Morgan fingerprint density at radius 3 is 2.60 bits per heavy atom. The van der Waals surface area contributed by atoms with Gasteiger partial charge in [0.05, 0.1) is 18.4 Å². The van der Waals surface area contributed by atoms with Crippen molar-refractivity contribution in [2.45, 2.75) is 12.6 Å². The van der Waals surface area contributed by atoms with Crippen LogP contribution in [0, 0.1) is 0 Å². The minimum atomic E-state index is -4.84. The summed E-state index contributed by atoms with van der Waals surface area (Å²) in [6.45, 7) is 0. The number of carbonyl (C=O) groups is 2. The highest BCUT2D eigenvalue weighted by atomic mass is 32.1. The molecule has 0 atom stereocenters. The van der Waals surface area contributed by atoms with E-state index in [0.717, 1.165) is 11.3 Å². The summed E-state index contributed by atoms with van der Waals surface area (Å²) in [5.74, 6) is -1.19. The maximum Gasteiger partial charge on any atom is 0.431 e. The Kier molecular flexibility index (Phi) is 5.92. The summed E-state index contributed by atoms with van der Waals surface area (Å²) in [6.07, 6.45) is -5.79. The number of hydrogen-bond acceptors (Lipinski definition) is 5. The van der Waals surface area contributed by atoms with Gasteiger partial charge in [-0.2, -0.15) is 18.3 Å². The van der Waals surface area contributed by atoms with Crippen LogP contribution in [-0.4, -0.2) is 30.7 Å². The number of rotatable bonds is 6. The molecule has 0 saturated carbocycles. The van der Waals surface area contributed by atoms with Crippen molar-refractivity contribution >= 4 is 28.7 Å². The van der Waals surface area contributed by atoms with Crippen LogP contribution >= 0.6 is 11.3 Å². The first-order valence-corrected chi connectivity index (χ1v) is 7.84. The first kappa shape index (κ1) is 18.7. The van der Waals surface area contributed by atoms with Crippen molar-refractivity contribution in [1.29, 1.82) is 0 Å². The van der Waals surface area contributed by atoms with E-state index in [2.05, 4.69) is 5.10 Å². The largest absolute Gasteiger partial charge is 0.497 e. The quantitative estimate of drug-likeness (QED) is 0.479. The fraction of sp³-hybridized carbons (Fsp3) is 0.188. The van der Waals surface area contributed by atoms with Crippen LogP contribution < -0.4 is 10.2 Å². The Morgan fingerprint density at radius 1 is 1.24 bits per heavy atom. The number of nitrogens with one attached hydrogen (secondary N) is 1. The number of benzene rings is 1. The highest BCUT2D eigenvalue weighted by molar-refractivity contribution is 7.12. The minimum Gasteiger partial charge on any atom is -0.497 e. The topological polar surface area (TPSA) is 67.8 Å². The molecule has 0 unspecified atom stereocenters. The number of ketones is 1. The molecule has 25 heavy (non-hydrogen) atoms. The van der Waals surface area contributed by atoms with Crippen LogP contribution in [0.1, 0.15) is 26.5 Å². The van der Waals surface area contributed by atoms with Gasteiger partial charge in [-0.3, -0.25) is 9.59 Å². The maximum absolute atomic E-state index is 13.0. The van der Waals surface area contributed by atoms with Crippen LogP contribution in [0.25, 0.3) is 0 Å². The lowest BCUT2D eigenvalue weighted by molar-refractivity contribution is -0.0605. The van der Waals surface area contributed by atoms with Crippen molar-refractivity contribution in [3.05, 3.63) is 52.2 Å². The monoisotopic (exact) mass is 370 g/mol. The lowest BCUT2D eigenvalue weighted by atomic mass is 10.1. The van der Waals surface area contributed by atoms with Gasteiger partial charge in [-0.05, 0) is 29.6 Å². The van der Waals surface area contributed by atoms with E-state index >= 15 is 0 Å². The summed E-state index contributed by atoms with van der Waals surface area (Å²) in [4.78, 5) is 24.0. The van der Waals surface area contributed by atoms with Crippen molar-refractivity contribution in [2.75, 3.05) is 7.11 Å². The molecule has 2 aromatic rings. The number of amides is 1. The van der Waals surface area contributed by atoms with Gasteiger partial charge in [0.1, 0.15) is 11.5 Å². The molecule has 0 aliphatic carbocycles. The highest BCUT2D eigenvalue weighted by Gasteiger charge is 2.37. The third-order valence-electron chi connectivity index (χ3n) is 3.08. The average Bonchev–Trinajstić information content (AvgIpc) is 3.11. The van der Waals surface area contributed by atoms with Gasteiger partial charge < -0.3 is 4.74 Å². The number of nitrogens with zero attached hydrogens (tertiary/aromatic N) is 1. The van der Waals surface area contributed by atoms with E-state index in [4.69, 9.17) is 4.74 Å². The normalized spacial score (nSPS) is 11.9. The second-order valence-corrected chi connectivity index (χ2v) is 5.75. The first-order chi connectivity index (χ1) is 11.8. The molecular weight excluding hydrogens is 357 g/mol. The number of carbonyl (C=O) groups excluding carboxylic acids is 2. The van der Waals surface area contributed by atoms with Crippen LogP contribution in [0.4, 0.5) is 13.2 Å². The second kappa shape index (κ2) is 7.93. The fourth-order valence-corrected chi connectivity index (χ4v) is 2.49. The summed E-state index contributed by atoms with van der Waals surface area (Å²) in [6, 6.07) is 8.85. The Balaban J connectivity index is 2.14. The Hall–Kier alpha value is -2.68. The fourth-order valence-electron chi connectivity index (χ4n) is 1.83. The van der Waals surface area contributed by atoms with E-state index in [9.17, 15) is 22.8 Å². The standard InChI is InChI=1S/C16H13F3N2O3S/c1-24-11-5-2-4-10(8-11)15(23)21-20-14(16(17,18)19)9-12(22)13-6-3-7-25-13/h2-8H,9H2,1H3,(H,21,23)/b20-14+. The van der Waals surface area contributed by atoms with Gasteiger partial charge in [0, 0.05) is 5.56 Å². The van der Waals surface area contributed by atoms with Crippen LogP contribution in [0.5, 0.6) is 5.75 Å². The van der Waals surface area contributed by atoms with Gasteiger partial charge >= 0.3 is 6.18 Å². The molecule has 0 aliphatic heterocycles. The van der Waals surface area contributed by atoms with E-state index in [0.29, 0.717) is 5.75 Å². The van der Waals surface area contributed by atoms with Crippen molar-refractivity contribution in [1.82, 2.24) is 5.43 Å². The van der Waals surface area contributed by atoms with E-state index < -0.39 is 30.0 Å². The number of alkyl halides is 3. The van der Waals surface area contributed by atoms with Crippen molar-refractivity contribution in [2.24, 2.45) is 5.10 Å². The molecule has 1 aromatic carbocycles. The predicted molar refractivity (Wildman–Crippen MR) is 87.2 cm³/mol. The van der Waals surface area contributed by atoms with E-state index in [1.165, 1.54) is 31.4 Å².